The molecule has 0 bridgehead atoms. The van der Waals surface area contributed by atoms with Crippen LogP contribution in [0.25, 0.3) is 0 Å². The van der Waals surface area contributed by atoms with E-state index in [0.29, 0.717) is 0 Å². The minimum atomic E-state index is -1.31. The Morgan fingerprint density at radius 3 is 2.65 bits per heavy atom. The van der Waals surface area contributed by atoms with Crippen molar-refractivity contribution in [3.8, 4) is 0 Å². The van der Waals surface area contributed by atoms with Crippen LogP contribution in [0.2, 0.25) is 0 Å². The summed E-state index contributed by atoms with van der Waals surface area (Å²) in [6, 6.07) is 0. The molecular weight excluding hydrogens is 234 g/mol. The number of aliphatic hydroxyl groups is 3. The molecule has 1 fully saturated rings. The lowest BCUT2D eigenvalue weighted by Crippen LogP contribution is -2.33. The molecule has 0 unspecified atom stereocenters. The first kappa shape index (κ1) is 11.9. The van der Waals surface area contributed by atoms with Crippen LogP contribution in [-0.4, -0.2) is 66.1 Å². The SMILES string of the molecule is O=C(O)c1ncn([C@@H]2O[C@H](CO)[C@H](O)[C@H]2O)n1. The number of nitrogens with zero attached hydrogens (tertiary/aromatic N) is 3. The van der Waals surface area contributed by atoms with E-state index in [-0.39, 0.29) is 0 Å². The van der Waals surface area contributed by atoms with Gasteiger partial charge >= 0.3 is 5.97 Å². The van der Waals surface area contributed by atoms with Crippen LogP contribution in [0.1, 0.15) is 16.8 Å². The monoisotopic (exact) mass is 245 g/mol. The fourth-order valence-corrected chi connectivity index (χ4v) is 1.59. The Morgan fingerprint density at radius 2 is 2.18 bits per heavy atom. The summed E-state index contributed by atoms with van der Waals surface area (Å²) in [4.78, 5) is 14.1. The van der Waals surface area contributed by atoms with E-state index in [9.17, 15) is 15.0 Å². The van der Waals surface area contributed by atoms with Gasteiger partial charge in [0.05, 0.1) is 6.61 Å². The van der Waals surface area contributed by atoms with Gasteiger partial charge in [0.25, 0.3) is 5.82 Å². The highest BCUT2D eigenvalue weighted by molar-refractivity contribution is 5.82. The Kier molecular flexibility index (Phi) is 3.07. The average Bonchev–Trinajstić information content (AvgIpc) is 2.87. The maximum absolute atomic E-state index is 10.6. The van der Waals surface area contributed by atoms with Crippen LogP contribution in [-0.2, 0) is 4.74 Å². The Hall–Kier alpha value is -1.55. The first-order valence-corrected chi connectivity index (χ1v) is 4.81. The highest BCUT2D eigenvalue weighted by Crippen LogP contribution is 2.28. The molecule has 17 heavy (non-hydrogen) atoms. The second-order valence-corrected chi connectivity index (χ2v) is 3.58. The molecule has 9 nitrogen and oxygen atoms in total. The lowest BCUT2D eigenvalue weighted by molar-refractivity contribution is -0.0589. The van der Waals surface area contributed by atoms with E-state index in [1.54, 1.807) is 0 Å². The highest BCUT2D eigenvalue weighted by atomic mass is 16.6. The zero-order valence-corrected chi connectivity index (χ0v) is 8.54. The minimum Gasteiger partial charge on any atom is -0.475 e. The van der Waals surface area contributed by atoms with Gasteiger partial charge in [0, 0.05) is 0 Å². The van der Waals surface area contributed by atoms with Gasteiger partial charge in [0.2, 0.25) is 0 Å². The van der Waals surface area contributed by atoms with Gasteiger partial charge < -0.3 is 25.2 Å². The molecule has 1 aliphatic rings. The fraction of sp³-hybridized carbons (Fsp3) is 0.625. The molecule has 4 N–H and O–H groups in total. The van der Waals surface area contributed by atoms with Gasteiger partial charge in [0.15, 0.2) is 6.23 Å². The summed E-state index contributed by atoms with van der Waals surface area (Å²) < 4.78 is 6.12. The van der Waals surface area contributed by atoms with E-state index in [0.717, 1.165) is 11.0 Å². The van der Waals surface area contributed by atoms with Gasteiger partial charge in [-0.15, -0.1) is 5.10 Å². The number of aromatic nitrogens is 3. The van der Waals surface area contributed by atoms with Crippen LogP contribution in [0.3, 0.4) is 0 Å². The first-order valence-electron chi connectivity index (χ1n) is 4.81. The molecule has 1 aromatic rings. The third-order valence-corrected chi connectivity index (χ3v) is 2.48. The molecule has 0 saturated carbocycles. The van der Waals surface area contributed by atoms with E-state index >= 15 is 0 Å². The normalized spacial score (nSPS) is 32.9. The number of aromatic carboxylic acids is 1. The Labute approximate surface area is 94.9 Å². The zero-order valence-electron chi connectivity index (χ0n) is 8.54. The molecule has 2 rings (SSSR count). The first-order chi connectivity index (χ1) is 8.04. The molecule has 1 saturated heterocycles. The number of rotatable bonds is 3. The lowest BCUT2D eigenvalue weighted by Gasteiger charge is -2.13. The van der Waals surface area contributed by atoms with Gasteiger partial charge in [-0.3, -0.25) is 0 Å². The summed E-state index contributed by atoms with van der Waals surface area (Å²) >= 11 is 0. The van der Waals surface area contributed by atoms with Crippen molar-refractivity contribution in [2.75, 3.05) is 6.61 Å². The molecule has 9 heteroatoms. The van der Waals surface area contributed by atoms with Crippen molar-refractivity contribution >= 4 is 5.97 Å². The predicted molar refractivity (Wildman–Crippen MR) is 50.0 cm³/mol. The summed E-state index contributed by atoms with van der Waals surface area (Å²) in [5, 5.41) is 40.2. The Morgan fingerprint density at radius 1 is 1.47 bits per heavy atom. The maximum atomic E-state index is 10.6. The fourth-order valence-electron chi connectivity index (χ4n) is 1.59. The van der Waals surface area contributed by atoms with Gasteiger partial charge in [-0.2, -0.15) is 0 Å². The Balaban J connectivity index is 2.19. The zero-order chi connectivity index (χ0) is 12.6. The second kappa shape index (κ2) is 4.37. The van der Waals surface area contributed by atoms with Crippen molar-refractivity contribution < 1.29 is 30.0 Å². The van der Waals surface area contributed by atoms with Crippen molar-refractivity contribution in [3.05, 3.63) is 12.2 Å². The summed E-state index contributed by atoms with van der Waals surface area (Å²) in [6.45, 7) is -0.463. The van der Waals surface area contributed by atoms with Crippen LogP contribution in [0.5, 0.6) is 0 Å². The summed E-state index contributed by atoms with van der Waals surface area (Å²) in [6.07, 6.45) is -3.50. The third-order valence-electron chi connectivity index (χ3n) is 2.48. The number of carboxylic acid groups (broad SMARTS) is 1. The minimum absolute atomic E-state index is 0.442. The van der Waals surface area contributed by atoms with Crippen molar-refractivity contribution in [2.45, 2.75) is 24.5 Å². The number of ether oxygens (including phenoxy) is 1. The smallest absolute Gasteiger partial charge is 0.375 e. The predicted octanol–water partition coefficient (Wildman–Crippen LogP) is -2.41. The lowest BCUT2D eigenvalue weighted by atomic mass is 10.1. The van der Waals surface area contributed by atoms with Crippen LogP contribution >= 0.6 is 0 Å². The van der Waals surface area contributed by atoms with Crippen LogP contribution < -0.4 is 0 Å². The van der Waals surface area contributed by atoms with E-state index < -0.39 is 42.9 Å². The standard InChI is InChI=1S/C8H11N3O6/c12-1-3-4(13)5(14)7(17-3)11-2-9-6(10-11)8(15)16/h2-5,7,12-14H,1H2,(H,15,16)/t3-,4+,5-,7-/m1/s1. The molecule has 0 radical (unpaired) electrons. The molecule has 0 amide bonds. The second-order valence-electron chi connectivity index (χ2n) is 3.58. The topological polar surface area (TPSA) is 138 Å². The molecule has 0 spiro atoms. The van der Waals surface area contributed by atoms with Gasteiger partial charge in [-0.05, 0) is 0 Å². The summed E-state index contributed by atoms with van der Waals surface area (Å²) in [5.74, 6) is -1.75. The number of hydrogen-bond donors (Lipinski definition) is 4. The number of aliphatic hydroxyl groups excluding tert-OH is 3. The largest absolute Gasteiger partial charge is 0.475 e. The number of carbonyl (C=O) groups is 1. The van der Waals surface area contributed by atoms with Gasteiger partial charge in [-0.1, -0.05) is 0 Å². The molecule has 1 aliphatic heterocycles. The Bertz CT molecular complexity index is 421. The van der Waals surface area contributed by atoms with Crippen molar-refractivity contribution in [2.24, 2.45) is 0 Å². The van der Waals surface area contributed by atoms with E-state index in [2.05, 4.69) is 10.1 Å². The van der Waals surface area contributed by atoms with Crippen LogP contribution in [0, 0.1) is 0 Å². The molecule has 1 aromatic heterocycles. The average molecular weight is 245 g/mol. The molecule has 4 atom stereocenters. The van der Waals surface area contributed by atoms with E-state index in [1.807, 2.05) is 0 Å². The van der Waals surface area contributed by atoms with Crippen LogP contribution in [0.15, 0.2) is 6.33 Å². The van der Waals surface area contributed by atoms with Crippen molar-refractivity contribution in [1.29, 1.82) is 0 Å². The van der Waals surface area contributed by atoms with E-state index in [1.165, 1.54) is 0 Å². The maximum Gasteiger partial charge on any atom is 0.375 e. The van der Waals surface area contributed by atoms with E-state index in [4.69, 9.17) is 14.9 Å². The molecular formula is C8H11N3O6. The molecule has 0 aromatic carbocycles. The molecule has 2 heterocycles. The van der Waals surface area contributed by atoms with Crippen molar-refractivity contribution in [3.63, 3.8) is 0 Å². The van der Waals surface area contributed by atoms with Gasteiger partial charge in [-0.25, -0.2) is 14.5 Å². The summed E-state index contributed by atoms with van der Waals surface area (Å²) in [7, 11) is 0. The summed E-state index contributed by atoms with van der Waals surface area (Å²) in [5.41, 5.74) is 0. The number of carboxylic acids is 1. The number of hydrogen-bond acceptors (Lipinski definition) is 7. The highest BCUT2D eigenvalue weighted by Gasteiger charge is 2.44. The quantitative estimate of drug-likeness (QED) is 0.462. The molecule has 0 aliphatic carbocycles. The molecule has 94 valence electrons. The van der Waals surface area contributed by atoms with Gasteiger partial charge in [0.1, 0.15) is 24.6 Å². The van der Waals surface area contributed by atoms with Crippen LogP contribution in [0.4, 0.5) is 0 Å². The third kappa shape index (κ3) is 2.00. The van der Waals surface area contributed by atoms with Crippen molar-refractivity contribution in [1.82, 2.24) is 14.8 Å².